The van der Waals surface area contributed by atoms with E-state index in [1.165, 1.54) is 4.68 Å². The van der Waals surface area contributed by atoms with Gasteiger partial charge in [-0.1, -0.05) is 5.21 Å². The van der Waals surface area contributed by atoms with Crippen molar-refractivity contribution in [1.29, 1.82) is 0 Å². The minimum atomic E-state index is -5.08. The molecule has 5 heterocycles. The number of halogens is 3. The molecule has 1 aromatic heterocycles. The number of rotatable bonds is 4. The summed E-state index contributed by atoms with van der Waals surface area (Å²) in [6.07, 6.45) is -2.59. The van der Waals surface area contributed by atoms with E-state index in [-0.39, 0.29) is 34.4 Å². The van der Waals surface area contributed by atoms with E-state index in [0.29, 0.717) is 13.1 Å². The molecule has 5 fully saturated rings. The summed E-state index contributed by atoms with van der Waals surface area (Å²) < 4.78 is 44.5. The van der Waals surface area contributed by atoms with Crippen LogP contribution in [-0.2, 0) is 20.8 Å². The summed E-state index contributed by atoms with van der Waals surface area (Å²) in [7, 11) is 0. The Labute approximate surface area is 178 Å². The molecule has 0 aromatic carbocycles. The highest BCUT2D eigenvalue weighted by molar-refractivity contribution is 5.92. The minimum Gasteiger partial charge on any atom is -0.475 e. The van der Waals surface area contributed by atoms with Gasteiger partial charge in [-0.3, -0.25) is 4.79 Å². The molecule has 12 nitrogen and oxygen atoms in total. The number of aliphatic carboxylic acids is 1. The molecule has 5 aliphatic rings. The number of carbonyl (C=O) groups is 3. The van der Waals surface area contributed by atoms with E-state index in [9.17, 15) is 22.8 Å². The zero-order valence-corrected chi connectivity index (χ0v) is 16.9. The van der Waals surface area contributed by atoms with Crippen molar-refractivity contribution in [3.63, 3.8) is 0 Å². The van der Waals surface area contributed by atoms with E-state index >= 15 is 0 Å². The van der Waals surface area contributed by atoms with Crippen LogP contribution < -0.4 is 16.0 Å². The fourth-order valence-corrected chi connectivity index (χ4v) is 4.67. The lowest BCUT2D eigenvalue weighted by atomic mass is 9.61. The van der Waals surface area contributed by atoms with Crippen LogP contribution in [0, 0.1) is 0 Å². The molecule has 1 saturated carbocycles. The largest absolute Gasteiger partial charge is 0.490 e. The maximum atomic E-state index is 12.7. The van der Waals surface area contributed by atoms with Crippen LogP contribution in [0.25, 0.3) is 0 Å². The lowest BCUT2D eigenvalue weighted by Gasteiger charge is -2.51. The molecule has 4 saturated heterocycles. The van der Waals surface area contributed by atoms with Gasteiger partial charge in [-0.25, -0.2) is 14.3 Å². The van der Waals surface area contributed by atoms with Crippen LogP contribution in [-0.4, -0.2) is 86.7 Å². The Kier molecular flexibility index (Phi) is 5.08. The Morgan fingerprint density at radius 1 is 1.38 bits per heavy atom. The molecule has 2 bridgehead atoms. The van der Waals surface area contributed by atoms with Gasteiger partial charge in [0.05, 0.1) is 30.4 Å². The number of carboxylic acids is 1. The molecule has 1 aliphatic carbocycles. The molecule has 1 unspecified atom stereocenters. The number of hydrogen-bond acceptors (Lipinski definition) is 8. The van der Waals surface area contributed by atoms with Crippen molar-refractivity contribution in [2.24, 2.45) is 0 Å². The predicted octanol–water partition coefficient (Wildman–Crippen LogP) is -0.587. The van der Waals surface area contributed by atoms with E-state index in [1.807, 2.05) is 0 Å². The Hall–Kier alpha value is -2.94. The number of carboxylic acid groups (broad SMARTS) is 1. The van der Waals surface area contributed by atoms with Gasteiger partial charge in [-0.05, 0) is 6.92 Å². The highest BCUT2D eigenvalue weighted by Crippen LogP contribution is 2.61. The van der Waals surface area contributed by atoms with Crippen LogP contribution in [0.15, 0.2) is 6.20 Å². The molecule has 1 spiro atoms. The second-order valence-corrected chi connectivity index (χ2v) is 8.58. The molecule has 0 radical (unpaired) electrons. The summed E-state index contributed by atoms with van der Waals surface area (Å²) >= 11 is 0. The van der Waals surface area contributed by atoms with Gasteiger partial charge in [0.1, 0.15) is 11.7 Å². The number of hydrogen-bond donors (Lipinski definition) is 4. The molecular weight excluding hydrogens is 441 g/mol. The summed E-state index contributed by atoms with van der Waals surface area (Å²) in [6.45, 7) is 4.40. The predicted molar refractivity (Wildman–Crippen MR) is 96.5 cm³/mol. The number of aromatic nitrogens is 3. The summed E-state index contributed by atoms with van der Waals surface area (Å²) in [5.41, 5.74) is -0.489. The van der Waals surface area contributed by atoms with Gasteiger partial charge in [0.25, 0.3) is 5.91 Å². The maximum absolute atomic E-state index is 12.7. The van der Waals surface area contributed by atoms with Crippen LogP contribution in [0.3, 0.4) is 0 Å². The molecular formula is C17H21F3N6O6. The summed E-state index contributed by atoms with van der Waals surface area (Å²) in [5, 5.41) is 24.0. The van der Waals surface area contributed by atoms with Gasteiger partial charge in [0.2, 0.25) is 0 Å². The van der Waals surface area contributed by atoms with E-state index in [0.717, 1.165) is 25.9 Å². The quantitative estimate of drug-likeness (QED) is 0.459. The zero-order valence-electron chi connectivity index (χ0n) is 16.9. The molecule has 15 heteroatoms. The first-order valence-corrected chi connectivity index (χ1v) is 9.74. The van der Waals surface area contributed by atoms with Gasteiger partial charge >= 0.3 is 18.2 Å². The number of cyclic esters (lactones) is 1. The highest BCUT2D eigenvalue weighted by atomic mass is 19.4. The van der Waals surface area contributed by atoms with Gasteiger partial charge in [-0.15, -0.1) is 5.10 Å². The van der Waals surface area contributed by atoms with Crippen LogP contribution in [0.4, 0.5) is 18.0 Å². The topological polar surface area (TPSA) is 157 Å². The molecule has 176 valence electrons. The normalized spacial score (nSPS) is 31.5. The van der Waals surface area contributed by atoms with Crippen LogP contribution in [0.2, 0.25) is 0 Å². The fourth-order valence-electron chi connectivity index (χ4n) is 4.67. The zero-order chi connectivity index (χ0) is 23.4. The van der Waals surface area contributed by atoms with Crippen molar-refractivity contribution in [2.45, 2.75) is 55.3 Å². The summed E-state index contributed by atoms with van der Waals surface area (Å²) in [6, 6.07) is 0. The van der Waals surface area contributed by atoms with Crippen molar-refractivity contribution in [3.05, 3.63) is 11.9 Å². The van der Waals surface area contributed by atoms with E-state index in [4.69, 9.17) is 19.4 Å². The first-order chi connectivity index (χ1) is 14.9. The minimum absolute atomic E-state index is 0.133. The van der Waals surface area contributed by atoms with Gasteiger partial charge in [-0.2, -0.15) is 13.2 Å². The smallest absolute Gasteiger partial charge is 0.475 e. The number of alkyl carbamates (subject to hydrolysis) is 1. The SMILES string of the molecule is CC12CC(NC(=O)c3cn(CC4CNC(=O)O4)nn3)(C1)C1(CNC1)O2.O=C(O)C(F)(F)F. The van der Waals surface area contributed by atoms with Crippen molar-refractivity contribution in [3.8, 4) is 0 Å². The molecule has 1 aromatic rings. The number of nitrogens with zero attached hydrogens (tertiary/aromatic N) is 3. The van der Waals surface area contributed by atoms with Crippen molar-refractivity contribution >= 4 is 18.0 Å². The first-order valence-electron chi connectivity index (χ1n) is 9.74. The molecule has 1 atom stereocenters. The third-order valence-corrected chi connectivity index (χ3v) is 5.99. The van der Waals surface area contributed by atoms with E-state index in [1.54, 1.807) is 6.20 Å². The second kappa shape index (κ2) is 7.30. The van der Waals surface area contributed by atoms with Crippen molar-refractivity contribution < 1.29 is 42.1 Å². The highest BCUT2D eigenvalue weighted by Gasteiger charge is 2.75. The molecule has 32 heavy (non-hydrogen) atoms. The van der Waals surface area contributed by atoms with Crippen LogP contribution in [0.1, 0.15) is 30.3 Å². The molecule has 4 aliphatic heterocycles. The second-order valence-electron chi connectivity index (χ2n) is 8.58. The van der Waals surface area contributed by atoms with Crippen LogP contribution in [0.5, 0.6) is 0 Å². The number of ether oxygens (including phenoxy) is 2. The Morgan fingerprint density at radius 3 is 2.53 bits per heavy atom. The third kappa shape index (κ3) is 3.85. The standard InChI is InChI=1S/C15H20N6O4.C2HF3O2/c1-13-5-14(6-13,15(25-13)7-16-8-15)18-11(22)10-4-21(20-19-10)3-9-2-17-12(23)24-9;3-2(4,5)1(6)7/h4,9,16H,2-3,5-8H2,1H3,(H,17,23)(H,18,22);(H,6,7). The van der Waals surface area contributed by atoms with Gasteiger partial charge in [0, 0.05) is 25.9 Å². The number of amides is 2. The first kappa shape index (κ1) is 22.3. The molecule has 6 rings (SSSR count). The van der Waals surface area contributed by atoms with Crippen molar-refractivity contribution in [1.82, 2.24) is 30.9 Å². The Balaban J connectivity index is 0.000000307. The van der Waals surface area contributed by atoms with Gasteiger partial charge in [0.15, 0.2) is 5.69 Å². The van der Waals surface area contributed by atoms with E-state index in [2.05, 4.69) is 33.2 Å². The Morgan fingerprint density at radius 2 is 2.03 bits per heavy atom. The summed E-state index contributed by atoms with van der Waals surface area (Å²) in [5.74, 6) is -3.00. The molecule has 2 amide bonds. The fraction of sp³-hybridized carbons (Fsp3) is 0.706. The molecule has 4 N–H and O–H groups in total. The van der Waals surface area contributed by atoms with Crippen molar-refractivity contribution in [2.75, 3.05) is 19.6 Å². The lowest BCUT2D eigenvalue weighted by Crippen LogP contribution is -2.75. The summed E-state index contributed by atoms with van der Waals surface area (Å²) in [4.78, 5) is 32.6. The number of alkyl halides is 3. The Bertz CT molecular complexity index is 939. The number of nitrogens with one attached hydrogen (secondary N) is 3. The maximum Gasteiger partial charge on any atom is 0.490 e. The average Bonchev–Trinajstić information content (AvgIpc) is 3.35. The third-order valence-electron chi connectivity index (χ3n) is 5.99. The van der Waals surface area contributed by atoms with Gasteiger partial charge < -0.3 is 30.5 Å². The van der Waals surface area contributed by atoms with E-state index < -0.39 is 18.2 Å². The average molecular weight is 462 g/mol. The monoisotopic (exact) mass is 462 g/mol. The lowest BCUT2D eigenvalue weighted by molar-refractivity contribution is -0.192. The number of carbonyl (C=O) groups excluding carboxylic acids is 2. The van der Waals surface area contributed by atoms with Crippen LogP contribution >= 0.6 is 0 Å².